The van der Waals surface area contributed by atoms with Crippen molar-refractivity contribution in [3.63, 3.8) is 0 Å². The first kappa shape index (κ1) is 19.9. The molecule has 0 saturated heterocycles. The molecule has 0 fully saturated rings. The summed E-state index contributed by atoms with van der Waals surface area (Å²) < 4.78 is 39.0. The molecule has 0 aliphatic heterocycles. The van der Waals surface area contributed by atoms with Crippen molar-refractivity contribution in [2.45, 2.75) is 4.90 Å². The van der Waals surface area contributed by atoms with Crippen LogP contribution < -0.4 is 9.46 Å². The van der Waals surface area contributed by atoms with E-state index in [2.05, 4.69) is 25.4 Å². The molecule has 0 unspecified atom stereocenters. The summed E-state index contributed by atoms with van der Waals surface area (Å²) in [4.78, 5) is 11.9. The number of carbonyl (C=O) groups is 1. The van der Waals surface area contributed by atoms with Crippen molar-refractivity contribution >= 4 is 37.6 Å². The molecule has 3 aromatic carbocycles. The predicted molar refractivity (Wildman–Crippen MR) is 109 cm³/mol. The van der Waals surface area contributed by atoms with Crippen molar-refractivity contribution in [1.82, 2.24) is 0 Å². The molecule has 0 spiro atoms. The van der Waals surface area contributed by atoms with Gasteiger partial charge in [0.25, 0.3) is 10.0 Å². The summed E-state index contributed by atoms with van der Waals surface area (Å²) in [5.41, 5.74) is 0.272. The Labute approximate surface area is 171 Å². The lowest BCUT2D eigenvalue weighted by molar-refractivity contribution is 0.0602. The molecule has 0 radical (unpaired) electrons. The van der Waals surface area contributed by atoms with E-state index in [0.717, 1.165) is 4.47 Å². The van der Waals surface area contributed by atoms with E-state index in [4.69, 9.17) is 4.74 Å². The Bertz CT molecular complexity index is 1080. The van der Waals surface area contributed by atoms with Gasteiger partial charge in [0, 0.05) is 4.47 Å². The monoisotopic (exact) mass is 461 g/mol. The second-order valence-electron chi connectivity index (χ2n) is 5.67. The highest BCUT2D eigenvalue weighted by atomic mass is 79.9. The third-order valence-electron chi connectivity index (χ3n) is 3.76. The van der Waals surface area contributed by atoms with Gasteiger partial charge in [-0.1, -0.05) is 28.1 Å². The fourth-order valence-electron chi connectivity index (χ4n) is 2.39. The molecule has 3 rings (SSSR count). The minimum Gasteiger partial charge on any atom is -0.465 e. The standard InChI is InChI=1S/C20H16BrNO5S/c1-26-20(23)18-4-2-3-5-19(18)22-28(24,25)17-12-10-16(11-13-17)27-15-8-6-14(21)7-9-15/h2-13,22H,1H3. The number of anilines is 1. The molecule has 144 valence electrons. The van der Waals surface area contributed by atoms with Crippen LogP contribution in [0.2, 0.25) is 0 Å². The van der Waals surface area contributed by atoms with E-state index in [1.807, 2.05) is 12.1 Å². The summed E-state index contributed by atoms with van der Waals surface area (Å²) in [7, 11) is -2.66. The van der Waals surface area contributed by atoms with Gasteiger partial charge in [0.2, 0.25) is 0 Å². The van der Waals surface area contributed by atoms with Crippen LogP contribution in [0.15, 0.2) is 82.2 Å². The van der Waals surface area contributed by atoms with Gasteiger partial charge in [-0.05, 0) is 60.7 Å². The number of carbonyl (C=O) groups excluding carboxylic acids is 1. The van der Waals surface area contributed by atoms with E-state index in [9.17, 15) is 13.2 Å². The van der Waals surface area contributed by atoms with Gasteiger partial charge in [-0.2, -0.15) is 0 Å². The van der Waals surface area contributed by atoms with Crippen LogP contribution in [0.25, 0.3) is 0 Å². The quantitative estimate of drug-likeness (QED) is 0.531. The average molecular weight is 462 g/mol. The van der Waals surface area contributed by atoms with Crippen molar-refractivity contribution in [2.75, 3.05) is 11.8 Å². The Morgan fingerprint density at radius 2 is 1.46 bits per heavy atom. The van der Waals surface area contributed by atoms with Gasteiger partial charge in [0.15, 0.2) is 0 Å². The minimum atomic E-state index is -3.89. The van der Waals surface area contributed by atoms with Crippen LogP contribution in [0.4, 0.5) is 5.69 Å². The maximum Gasteiger partial charge on any atom is 0.339 e. The maximum atomic E-state index is 12.7. The number of nitrogens with one attached hydrogen (secondary N) is 1. The Hall–Kier alpha value is -2.84. The summed E-state index contributed by atoms with van der Waals surface area (Å²) in [5, 5.41) is 0. The van der Waals surface area contributed by atoms with Gasteiger partial charge >= 0.3 is 5.97 Å². The number of esters is 1. The lowest BCUT2D eigenvalue weighted by Crippen LogP contribution is -2.16. The molecule has 0 aliphatic carbocycles. The van der Waals surface area contributed by atoms with Gasteiger partial charge in [0.05, 0.1) is 23.3 Å². The Morgan fingerprint density at radius 3 is 2.07 bits per heavy atom. The molecule has 0 amide bonds. The van der Waals surface area contributed by atoms with Crippen LogP contribution in [0.5, 0.6) is 11.5 Å². The number of hydrogen-bond donors (Lipinski definition) is 1. The second-order valence-corrected chi connectivity index (χ2v) is 8.27. The number of hydrogen-bond acceptors (Lipinski definition) is 5. The molecule has 0 bridgehead atoms. The highest BCUT2D eigenvalue weighted by Crippen LogP contribution is 2.26. The zero-order valence-electron chi connectivity index (χ0n) is 14.8. The van der Waals surface area contributed by atoms with E-state index >= 15 is 0 Å². The molecule has 1 N–H and O–H groups in total. The molecule has 0 atom stereocenters. The van der Waals surface area contributed by atoms with Crippen molar-refractivity contribution in [2.24, 2.45) is 0 Å². The normalized spacial score (nSPS) is 10.9. The van der Waals surface area contributed by atoms with Crippen molar-refractivity contribution < 1.29 is 22.7 Å². The topological polar surface area (TPSA) is 81.7 Å². The zero-order chi connectivity index (χ0) is 20.1. The summed E-state index contributed by atoms with van der Waals surface area (Å²) >= 11 is 3.35. The summed E-state index contributed by atoms with van der Waals surface area (Å²) in [6.07, 6.45) is 0. The largest absolute Gasteiger partial charge is 0.465 e. The molecule has 0 saturated carbocycles. The number of halogens is 1. The van der Waals surface area contributed by atoms with Gasteiger partial charge in [-0.25, -0.2) is 13.2 Å². The van der Waals surface area contributed by atoms with E-state index in [1.54, 1.807) is 36.4 Å². The SMILES string of the molecule is COC(=O)c1ccccc1NS(=O)(=O)c1ccc(Oc2ccc(Br)cc2)cc1. The molecule has 3 aromatic rings. The average Bonchev–Trinajstić information content (AvgIpc) is 2.70. The Kier molecular flexibility index (Phi) is 6.01. The molecule has 0 aliphatic rings. The maximum absolute atomic E-state index is 12.7. The van der Waals surface area contributed by atoms with Gasteiger partial charge in [0.1, 0.15) is 11.5 Å². The molecule has 28 heavy (non-hydrogen) atoms. The van der Waals surface area contributed by atoms with Crippen molar-refractivity contribution in [1.29, 1.82) is 0 Å². The second kappa shape index (κ2) is 8.45. The lowest BCUT2D eigenvalue weighted by atomic mass is 10.2. The zero-order valence-corrected chi connectivity index (χ0v) is 17.2. The molecular weight excluding hydrogens is 446 g/mol. The highest BCUT2D eigenvalue weighted by Gasteiger charge is 2.19. The van der Waals surface area contributed by atoms with Gasteiger partial charge < -0.3 is 9.47 Å². The molecular formula is C20H16BrNO5S. The van der Waals surface area contributed by atoms with Crippen LogP contribution in [-0.2, 0) is 14.8 Å². The number of methoxy groups -OCH3 is 1. The van der Waals surface area contributed by atoms with E-state index in [0.29, 0.717) is 11.5 Å². The van der Waals surface area contributed by atoms with E-state index in [1.165, 1.54) is 31.4 Å². The molecule has 0 aromatic heterocycles. The van der Waals surface area contributed by atoms with E-state index in [-0.39, 0.29) is 16.1 Å². The number of sulfonamides is 1. The number of para-hydroxylation sites is 1. The fourth-order valence-corrected chi connectivity index (χ4v) is 3.73. The minimum absolute atomic E-state index is 0.0373. The van der Waals surface area contributed by atoms with Crippen LogP contribution >= 0.6 is 15.9 Å². The highest BCUT2D eigenvalue weighted by molar-refractivity contribution is 9.10. The van der Waals surface area contributed by atoms with Crippen LogP contribution in [-0.4, -0.2) is 21.5 Å². The third-order valence-corrected chi connectivity index (χ3v) is 5.67. The molecule has 0 heterocycles. The summed E-state index contributed by atoms with van der Waals surface area (Å²) in [5.74, 6) is 0.497. The van der Waals surface area contributed by atoms with Crippen molar-refractivity contribution in [3.8, 4) is 11.5 Å². The van der Waals surface area contributed by atoms with Crippen molar-refractivity contribution in [3.05, 3.63) is 82.8 Å². The van der Waals surface area contributed by atoms with E-state index < -0.39 is 16.0 Å². The molecule has 6 nitrogen and oxygen atoms in total. The lowest BCUT2D eigenvalue weighted by Gasteiger charge is -2.12. The van der Waals surface area contributed by atoms with Gasteiger partial charge in [-0.3, -0.25) is 4.72 Å². The van der Waals surface area contributed by atoms with Gasteiger partial charge in [-0.15, -0.1) is 0 Å². The first-order valence-electron chi connectivity index (χ1n) is 8.13. The molecule has 8 heteroatoms. The third kappa shape index (κ3) is 4.71. The van der Waals surface area contributed by atoms with Crippen LogP contribution in [0.3, 0.4) is 0 Å². The first-order chi connectivity index (χ1) is 13.4. The Morgan fingerprint density at radius 1 is 0.893 bits per heavy atom. The predicted octanol–water partition coefficient (Wildman–Crippen LogP) is 4.83. The van der Waals surface area contributed by atoms with Crippen LogP contribution in [0.1, 0.15) is 10.4 Å². The van der Waals surface area contributed by atoms with Crippen LogP contribution in [0, 0.1) is 0 Å². The fraction of sp³-hybridized carbons (Fsp3) is 0.0500. The number of benzene rings is 3. The summed E-state index contributed by atoms with van der Waals surface area (Å²) in [6, 6.07) is 19.5. The first-order valence-corrected chi connectivity index (χ1v) is 10.4. The summed E-state index contributed by atoms with van der Waals surface area (Å²) in [6.45, 7) is 0. The number of ether oxygens (including phenoxy) is 2. The number of rotatable bonds is 6. The Balaban J connectivity index is 1.79. The smallest absolute Gasteiger partial charge is 0.339 e.